The fraction of sp³-hybridized carbons (Fsp3) is 0.467. The predicted octanol–water partition coefficient (Wildman–Crippen LogP) is 0.385. The minimum atomic E-state index is -0.518. The van der Waals surface area contributed by atoms with Crippen LogP contribution in [0.4, 0.5) is 0 Å². The number of likely N-dealkylation sites (N-methyl/N-ethyl adjacent to an activating group) is 1. The lowest BCUT2D eigenvalue weighted by Crippen LogP contribution is -2.51. The average Bonchev–Trinajstić information content (AvgIpc) is 2.46. The topological polar surface area (TPSA) is 52.7 Å². The smallest absolute Gasteiger partial charge is 0.311 e. The number of hydrogen-bond acceptors (Lipinski definition) is 3. The fourth-order valence-corrected chi connectivity index (χ4v) is 2.12. The number of rotatable bonds is 2. The van der Waals surface area contributed by atoms with Crippen molar-refractivity contribution in [3.63, 3.8) is 0 Å². The summed E-state index contributed by atoms with van der Waals surface area (Å²) in [7, 11) is 2.01. The zero-order valence-corrected chi connectivity index (χ0v) is 12.1. The largest absolute Gasteiger partial charge is 0.344 e. The summed E-state index contributed by atoms with van der Waals surface area (Å²) in [6.07, 6.45) is 0. The maximum atomic E-state index is 12.0. The Morgan fingerprint density at radius 1 is 1.10 bits per heavy atom. The van der Waals surface area contributed by atoms with Gasteiger partial charge in [-0.2, -0.15) is 0 Å². The van der Waals surface area contributed by atoms with Crippen molar-refractivity contribution in [3.05, 3.63) is 35.4 Å². The van der Waals surface area contributed by atoms with Gasteiger partial charge in [-0.05, 0) is 19.5 Å². The quantitative estimate of drug-likeness (QED) is 0.794. The monoisotopic (exact) mass is 275 g/mol. The van der Waals surface area contributed by atoms with Crippen LogP contribution in [0, 0.1) is 6.92 Å². The third kappa shape index (κ3) is 3.81. The molecule has 2 amide bonds. The van der Waals surface area contributed by atoms with Gasteiger partial charge in [0.05, 0.1) is 0 Å². The number of nitrogens with zero attached hydrogens (tertiary/aromatic N) is 2. The molecule has 0 aromatic heterocycles. The highest BCUT2D eigenvalue weighted by Gasteiger charge is 2.24. The van der Waals surface area contributed by atoms with Crippen LogP contribution >= 0.6 is 0 Å². The second-order valence-corrected chi connectivity index (χ2v) is 5.26. The third-order valence-corrected chi connectivity index (χ3v) is 3.56. The Kier molecular flexibility index (Phi) is 4.74. The third-order valence-electron chi connectivity index (χ3n) is 3.56. The highest BCUT2D eigenvalue weighted by molar-refractivity contribution is 6.34. The predicted molar refractivity (Wildman–Crippen MR) is 77.1 cm³/mol. The molecule has 0 saturated carbocycles. The van der Waals surface area contributed by atoms with Crippen molar-refractivity contribution in [1.82, 2.24) is 15.1 Å². The second kappa shape index (κ2) is 6.52. The number of benzene rings is 1. The van der Waals surface area contributed by atoms with Gasteiger partial charge in [0.25, 0.3) is 0 Å². The summed E-state index contributed by atoms with van der Waals surface area (Å²) in [6.45, 7) is 5.27. The minimum Gasteiger partial charge on any atom is -0.344 e. The highest BCUT2D eigenvalue weighted by Crippen LogP contribution is 2.03. The molecule has 1 saturated heterocycles. The molecule has 20 heavy (non-hydrogen) atoms. The van der Waals surface area contributed by atoms with Crippen LogP contribution in [0.5, 0.6) is 0 Å². The molecule has 1 fully saturated rings. The van der Waals surface area contributed by atoms with E-state index >= 15 is 0 Å². The fourth-order valence-electron chi connectivity index (χ4n) is 2.12. The maximum Gasteiger partial charge on any atom is 0.311 e. The van der Waals surface area contributed by atoms with Gasteiger partial charge in [-0.25, -0.2) is 0 Å². The van der Waals surface area contributed by atoms with Crippen LogP contribution in [0.1, 0.15) is 11.1 Å². The highest BCUT2D eigenvalue weighted by atomic mass is 16.2. The molecule has 1 N–H and O–H groups in total. The Balaban J connectivity index is 1.82. The van der Waals surface area contributed by atoms with E-state index in [1.165, 1.54) is 5.56 Å². The van der Waals surface area contributed by atoms with Gasteiger partial charge in [0.15, 0.2) is 0 Å². The van der Waals surface area contributed by atoms with E-state index in [1.807, 2.05) is 38.2 Å². The number of amides is 2. The molecule has 1 aromatic rings. The van der Waals surface area contributed by atoms with Crippen LogP contribution in [0.15, 0.2) is 24.3 Å². The van der Waals surface area contributed by atoms with Crippen molar-refractivity contribution in [2.75, 3.05) is 33.2 Å². The Hall–Kier alpha value is -1.88. The van der Waals surface area contributed by atoms with Crippen LogP contribution in [-0.4, -0.2) is 54.8 Å². The zero-order valence-electron chi connectivity index (χ0n) is 12.1. The molecular weight excluding hydrogens is 254 g/mol. The SMILES string of the molecule is Cc1ccc(CNC(=O)C(=O)N2CCN(C)CC2)cc1. The van der Waals surface area contributed by atoms with E-state index in [2.05, 4.69) is 10.2 Å². The van der Waals surface area contributed by atoms with Gasteiger partial charge in [0.2, 0.25) is 0 Å². The van der Waals surface area contributed by atoms with Gasteiger partial charge in [0, 0.05) is 32.7 Å². The minimum absolute atomic E-state index is 0.387. The molecular formula is C15H21N3O2. The van der Waals surface area contributed by atoms with Crippen molar-refractivity contribution in [2.24, 2.45) is 0 Å². The Morgan fingerprint density at radius 2 is 1.70 bits per heavy atom. The van der Waals surface area contributed by atoms with Gasteiger partial charge >= 0.3 is 11.8 Å². The molecule has 0 atom stereocenters. The van der Waals surface area contributed by atoms with E-state index in [4.69, 9.17) is 0 Å². The molecule has 0 unspecified atom stereocenters. The number of carbonyl (C=O) groups excluding carboxylic acids is 2. The van der Waals surface area contributed by atoms with E-state index in [0.717, 1.165) is 18.7 Å². The van der Waals surface area contributed by atoms with Gasteiger partial charge in [-0.1, -0.05) is 29.8 Å². The number of hydrogen-bond donors (Lipinski definition) is 1. The van der Waals surface area contributed by atoms with Gasteiger partial charge in [-0.15, -0.1) is 0 Å². The first kappa shape index (κ1) is 14.5. The first-order chi connectivity index (χ1) is 9.56. The lowest BCUT2D eigenvalue weighted by atomic mass is 10.1. The number of piperazine rings is 1. The van der Waals surface area contributed by atoms with E-state index in [-0.39, 0.29) is 0 Å². The summed E-state index contributed by atoms with van der Waals surface area (Å²) in [5.74, 6) is -0.944. The molecule has 5 nitrogen and oxygen atoms in total. The van der Waals surface area contributed by atoms with Crippen molar-refractivity contribution in [2.45, 2.75) is 13.5 Å². The molecule has 1 aliphatic rings. The molecule has 2 rings (SSSR count). The molecule has 0 aliphatic carbocycles. The van der Waals surface area contributed by atoms with E-state index in [1.54, 1.807) is 4.90 Å². The second-order valence-electron chi connectivity index (χ2n) is 5.26. The first-order valence-electron chi connectivity index (χ1n) is 6.87. The summed E-state index contributed by atoms with van der Waals surface area (Å²) in [4.78, 5) is 27.6. The Morgan fingerprint density at radius 3 is 2.30 bits per heavy atom. The summed E-state index contributed by atoms with van der Waals surface area (Å²) in [6, 6.07) is 7.89. The molecule has 1 aromatic carbocycles. The van der Waals surface area contributed by atoms with Crippen molar-refractivity contribution < 1.29 is 9.59 Å². The zero-order chi connectivity index (χ0) is 14.5. The Bertz CT molecular complexity index is 476. The van der Waals surface area contributed by atoms with Gasteiger partial charge < -0.3 is 15.1 Å². The first-order valence-corrected chi connectivity index (χ1v) is 6.87. The van der Waals surface area contributed by atoms with E-state index < -0.39 is 11.8 Å². The van der Waals surface area contributed by atoms with E-state index in [0.29, 0.717) is 19.6 Å². The molecule has 1 aliphatic heterocycles. The van der Waals surface area contributed by atoms with Crippen LogP contribution in [0.2, 0.25) is 0 Å². The molecule has 108 valence electrons. The summed E-state index contributed by atoms with van der Waals surface area (Å²) >= 11 is 0. The summed E-state index contributed by atoms with van der Waals surface area (Å²) in [5, 5.41) is 2.68. The summed E-state index contributed by atoms with van der Waals surface area (Å²) in [5.41, 5.74) is 2.17. The average molecular weight is 275 g/mol. The van der Waals surface area contributed by atoms with Crippen LogP contribution < -0.4 is 5.32 Å². The molecule has 0 spiro atoms. The van der Waals surface area contributed by atoms with Crippen molar-refractivity contribution in [3.8, 4) is 0 Å². The standard InChI is InChI=1S/C15H21N3O2/c1-12-3-5-13(6-4-12)11-16-14(19)15(20)18-9-7-17(2)8-10-18/h3-6H,7-11H2,1-2H3,(H,16,19). The molecule has 5 heteroatoms. The molecule has 0 radical (unpaired) electrons. The lowest BCUT2D eigenvalue weighted by Gasteiger charge is -2.31. The molecule has 0 bridgehead atoms. The van der Waals surface area contributed by atoms with Crippen molar-refractivity contribution >= 4 is 11.8 Å². The number of carbonyl (C=O) groups is 2. The van der Waals surface area contributed by atoms with Gasteiger partial charge in [0.1, 0.15) is 0 Å². The summed E-state index contributed by atoms with van der Waals surface area (Å²) < 4.78 is 0. The number of aryl methyl sites for hydroxylation is 1. The van der Waals surface area contributed by atoms with Crippen molar-refractivity contribution in [1.29, 1.82) is 0 Å². The van der Waals surface area contributed by atoms with Crippen LogP contribution in [-0.2, 0) is 16.1 Å². The van der Waals surface area contributed by atoms with Crippen LogP contribution in [0.25, 0.3) is 0 Å². The molecule has 1 heterocycles. The number of nitrogens with one attached hydrogen (secondary N) is 1. The maximum absolute atomic E-state index is 12.0. The Labute approximate surface area is 119 Å². The lowest BCUT2D eigenvalue weighted by molar-refractivity contribution is -0.146. The van der Waals surface area contributed by atoms with Crippen LogP contribution in [0.3, 0.4) is 0 Å². The normalized spacial score (nSPS) is 16.0. The van der Waals surface area contributed by atoms with E-state index in [9.17, 15) is 9.59 Å². The van der Waals surface area contributed by atoms with Gasteiger partial charge in [-0.3, -0.25) is 9.59 Å².